The van der Waals surface area contributed by atoms with Crippen LogP contribution in [0.5, 0.6) is 23.0 Å². The Morgan fingerprint density at radius 2 is 0.565 bits per heavy atom. The average Bonchev–Trinajstić information content (AvgIpc) is 3.22. The molecule has 2 aliphatic heterocycles. The predicted molar refractivity (Wildman–Crippen MR) is 263 cm³/mol. The number of hydrogen-bond donors (Lipinski definition) is 0. The van der Waals surface area contributed by atoms with E-state index in [2.05, 4.69) is 226 Å². The molecule has 0 aromatic heterocycles. The fourth-order valence-corrected chi connectivity index (χ4v) is 9.25. The van der Waals surface area contributed by atoms with E-state index in [-0.39, 0.29) is 21.7 Å². The SMILES string of the molecule is CC(C)(C)c1ccc2c(c1)Oc1cc(C(C)(C)C)ccc1N2c1ccc2c3ccc(N4c5ccc(C(C)(C)C)cc5Oc5cc(C(C)(C)C)ccc54)cc3c3ccccc3c2c1. The van der Waals surface area contributed by atoms with E-state index in [9.17, 15) is 0 Å². The molecule has 4 heteroatoms. The number of anilines is 6. The number of nitrogens with zero attached hydrogens (tertiary/aromatic N) is 2. The van der Waals surface area contributed by atoms with Gasteiger partial charge >= 0.3 is 0 Å². The molecule has 62 heavy (non-hydrogen) atoms. The molecule has 4 nitrogen and oxygen atoms in total. The minimum absolute atomic E-state index is 0.0142. The Bertz CT molecular complexity index is 2770. The number of hydrogen-bond acceptors (Lipinski definition) is 4. The third kappa shape index (κ3) is 6.58. The third-order valence-corrected chi connectivity index (χ3v) is 13.0. The molecule has 2 heterocycles. The molecule has 0 unspecified atom stereocenters. The van der Waals surface area contributed by atoms with Crippen LogP contribution in [0.3, 0.4) is 0 Å². The Morgan fingerprint density at radius 1 is 0.290 bits per heavy atom. The molecule has 0 amide bonds. The van der Waals surface area contributed by atoms with Gasteiger partial charge in [-0.15, -0.1) is 0 Å². The molecule has 10 rings (SSSR count). The van der Waals surface area contributed by atoms with Gasteiger partial charge in [-0.1, -0.05) is 144 Å². The summed E-state index contributed by atoms with van der Waals surface area (Å²) < 4.78 is 13.6. The fourth-order valence-electron chi connectivity index (χ4n) is 9.25. The monoisotopic (exact) mass is 814 g/mol. The van der Waals surface area contributed by atoms with Crippen molar-refractivity contribution in [2.24, 2.45) is 0 Å². The van der Waals surface area contributed by atoms with Crippen LogP contribution in [0.2, 0.25) is 0 Å². The van der Waals surface area contributed by atoms with Gasteiger partial charge < -0.3 is 19.3 Å². The van der Waals surface area contributed by atoms with Crippen LogP contribution in [0.1, 0.15) is 105 Å². The van der Waals surface area contributed by atoms with Crippen LogP contribution in [0.4, 0.5) is 34.1 Å². The summed E-state index contributed by atoms with van der Waals surface area (Å²) in [5.74, 6) is 3.51. The van der Waals surface area contributed by atoms with Gasteiger partial charge in [0.05, 0.1) is 22.7 Å². The van der Waals surface area contributed by atoms with Gasteiger partial charge in [-0.2, -0.15) is 0 Å². The Morgan fingerprint density at radius 3 is 0.839 bits per heavy atom. The van der Waals surface area contributed by atoms with Crippen LogP contribution in [0.25, 0.3) is 32.3 Å². The lowest BCUT2D eigenvalue weighted by Gasteiger charge is -2.35. The quantitative estimate of drug-likeness (QED) is 0.162. The van der Waals surface area contributed by atoms with Crippen LogP contribution in [-0.4, -0.2) is 0 Å². The van der Waals surface area contributed by atoms with Crippen molar-refractivity contribution in [3.05, 3.63) is 156 Å². The lowest BCUT2D eigenvalue weighted by molar-refractivity contribution is 0.469. The molecule has 0 saturated heterocycles. The summed E-state index contributed by atoms with van der Waals surface area (Å²) in [5, 5.41) is 7.33. The van der Waals surface area contributed by atoms with Crippen LogP contribution < -0.4 is 19.3 Å². The second kappa shape index (κ2) is 13.6. The topological polar surface area (TPSA) is 24.9 Å². The molecule has 0 N–H and O–H groups in total. The zero-order chi connectivity index (χ0) is 43.7. The average molecular weight is 815 g/mol. The fraction of sp³-hybridized carbons (Fsp3) is 0.276. The smallest absolute Gasteiger partial charge is 0.151 e. The molecule has 0 atom stereocenters. The highest BCUT2D eigenvalue weighted by Gasteiger charge is 2.32. The minimum Gasteiger partial charge on any atom is -0.453 e. The van der Waals surface area contributed by atoms with E-state index in [1.165, 1.54) is 54.6 Å². The summed E-state index contributed by atoms with van der Waals surface area (Å²) in [6.45, 7) is 27.1. The van der Waals surface area contributed by atoms with Crippen LogP contribution >= 0.6 is 0 Å². The van der Waals surface area contributed by atoms with E-state index < -0.39 is 0 Å². The van der Waals surface area contributed by atoms with Crippen molar-refractivity contribution in [1.29, 1.82) is 0 Å². The molecular formula is C58H58N2O2. The zero-order valence-electron chi connectivity index (χ0n) is 38.4. The number of rotatable bonds is 2. The van der Waals surface area contributed by atoms with Gasteiger partial charge in [0.1, 0.15) is 0 Å². The molecule has 0 aliphatic carbocycles. The molecule has 8 aromatic carbocycles. The van der Waals surface area contributed by atoms with E-state index >= 15 is 0 Å². The summed E-state index contributed by atoms with van der Waals surface area (Å²) >= 11 is 0. The predicted octanol–water partition coefficient (Wildman–Crippen LogP) is 17.5. The van der Waals surface area contributed by atoms with E-state index in [0.717, 1.165) is 57.1 Å². The summed E-state index contributed by atoms with van der Waals surface area (Å²) in [5.41, 5.74) is 11.3. The van der Waals surface area contributed by atoms with Gasteiger partial charge in [0.25, 0.3) is 0 Å². The minimum atomic E-state index is -0.0142. The van der Waals surface area contributed by atoms with Crippen LogP contribution in [0, 0.1) is 0 Å². The first-order valence-corrected chi connectivity index (χ1v) is 22.2. The van der Waals surface area contributed by atoms with Crippen molar-refractivity contribution in [3.8, 4) is 23.0 Å². The lowest BCUT2D eigenvalue weighted by atomic mass is 9.85. The maximum absolute atomic E-state index is 6.81. The molecule has 0 bridgehead atoms. The third-order valence-electron chi connectivity index (χ3n) is 13.0. The van der Waals surface area contributed by atoms with Gasteiger partial charge in [0.2, 0.25) is 0 Å². The first kappa shape index (κ1) is 39.9. The van der Waals surface area contributed by atoms with Gasteiger partial charge in [-0.3, -0.25) is 0 Å². The van der Waals surface area contributed by atoms with Crippen molar-refractivity contribution < 1.29 is 9.47 Å². The maximum Gasteiger partial charge on any atom is 0.151 e. The standard InChI is InChI=1S/C58H58N2O2/c1-55(2,3)35-17-25-47-51(29-35)61-52-30-36(56(4,5)6)18-26-48(52)59(47)39-21-23-43-44-24-22-40(34-46(44)42-16-14-13-15-41(42)45(43)33-39)60-49-27-19-37(57(7,8)9)31-53(49)62-54-32-38(58(10,11)12)20-28-50(54)60/h13-34H,1-12H3. The van der Waals surface area contributed by atoms with Gasteiger partial charge in [0.15, 0.2) is 23.0 Å². The first-order valence-electron chi connectivity index (χ1n) is 22.2. The largest absolute Gasteiger partial charge is 0.453 e. The number of ether oxygens (including phenoxy) is 2. The molecule has 0 spiro atoms. The molecule has 2 aliphatic rings. The summed E-state index contributed by atoms with van der Waals surface area (Å²) in [7, 11) is 0. The first-order chi connectivity index (χ1) is 29.2. The Hall–Kier alpha value is -6.26. The van der Waals surface area contributed by atoms with Gasteiger partial charge in [0, 0.05) is 11.4 Å². The highest BCUT2D eigenvalue weighted by Crippen LogP contribution is 2.55. The summed E-state index contributed by atoms with van der Waals surface area (Å²) in [6, 6.07) is 49.7. The zero-order valence-corrected chi connectivity index (χ0v) is 38.4. The van der Waals surface area contributed by atoms with Crippen molar-refractivity contribution in [1.82, 2.24) is 0 Å². The highest BCUT2D eigenvalue weighted by atomic mass is 16.5. The molecular weight excluding hydrogens is 757 g/mol. The van der Waals surface area contributed by atoms with Crippen LogP contribution in [-0.2, 0) is 21.7 Å². The van der Waals surface area contributed by atoms with E-state index in [1.807, 2.05) is 0 Å². The van der Waals surface area contributed by atoms with E-state index in [4.69, 9.17) is 9.47 Å². The second-order valence-corrected chi connectivity index (χ2v) is 21.6. The number of benzene rings is 8. The maximum atomic E-state index is 6.81. The van der Waals surface area contributed by atoms with E-state index in [1.54, 1.807) is 0 Å². The van der Waals surface area contributed by atoms with Crippen molar-refractivity contribution in [2.45, 2.75) is 105 Å². The molecule has 8 aromatic rings. The Kier molecular flexibility index (Phi) is 8.75. The van der Waals surface area contributed by atoms with Crippen molar-refractivity contribution >= 4 is 66.4 Å². The van der Waals surface area contributed by atoms with E-state index in [0.29, 0.717) is 0 Å². The van der Waals surface area contributed by atoms with Gasteiger partial charge in [-0.05, 0) is 149 Å². The second-order valence-electron chi connectivity index (χ2n) is 21.6. The normalized spacial score (nSPS) is 14.0. The summed E-state index contributed by atoms with van der Waals surface area (Å²) in [6.07, 6.45) is 0. The molecule has 312 valence electrons. The Labute approximate surface area is 367 Å². The highest BCUT2D eigenvalue weighted by molar-refractivity contribution is 6.26. The molecule has 0 fully saturated rings. The van der Waals surface area contributed by atoms with Crippen molar-refractivity contribution in [3.63, 3.8) is 0 Å². The number of fused-ring (bicyclic) bond motifs is 10. The molecule has 0 radical (unpaired) electrons. The Balaban J connectivity index is 1.16. The van der Waals surface area contributed by atoms with Crippen molar-refractivity contribution in [2.75, 3.05) is 9.80 Å². The van der Waals surface area contributed by atoms with Crippen LogP contribution in [0.15, 0.2) is 133 Å². The van der Waals surface area contributed by atoms with Gasteiger partial charge in [-0.25, -0.2) is 0 Å². The lowest BCUT2D eigenvalue weighted by Crippen LogP contribution is -2.19. The summed E-state index contributed by atoms with van der Waals surface area (Å²) in [4.78, 5) is 4.77. The molecule has 0 saturated carbocycles.